The zero-order valence-corrected chi connectivity index (χ0v) is 23.9. The molecular formula is C32H36N6O4. The van der Waals surface area contributed by atoms with Gasteiger partial charge in [-0.3, -0.25) is 14.2 Å². The quantitative estimate of drug-likeness (QED) is 0.365. The maximum Gasteiger partial charge on any atom is 0.264 e. The van der Waals surface area contributed by atoms with E-state index in [0.717, 1.165) is 54.9 Å². The van der Waals surface area contributed by atoms with Crippen LogP contribution in [-0.4, -0.2) is 85.1 Å². The molecule has 2 aromatic heterocycles. The summed E-state index contributed by atoms with van der Waals surface area (Å²) in [4.78, 5) is 34.4. The molecule has 0 unspecified atom stereocenters. The van der Waals surface area contributed by atoms with Crippen LogP contribution in [0.1, 0.15) is 32.1 Å². The molecule has 7 rings (SSSR count). The van der Waals surface area contributed by atoms with Crippen LogP contribution in [0.2, 0.25) is 0 Å². The molecule has 0 radical (unpaired) electrons. The summed E-state index contributed by atoms with van der Waals surface area (Å²) in [7, 11) is 2.12. The first-order valence-electron chi connectivity index (χ1n) is 14.9. The van der Waals surface area contributed by atoms with Crippen LogP contribution >= 0.6 is 0 Å². The standard InChI is InChI=1S/C32H36N6O4/c1-35-15-12-27(19-35)42-26-10-6-23(7-11-26)22-4-8-25(9-5-22)38-29-28(18-34-38)31(40)37(21-33-29)20-32(41)13-16-36(17-14-32)30(39)24-2-3-24/h4-11,18,21,24,27,41H,2-3,12-17,19-20H2,1H3/t27-/m0/s1. The van der Waals surface area contributed by atoms with E-state index >= 15 is 0 Å². The summed E-state index contributed by atoms with van der Waals surface area (Å²) in [6.07, 6.45) is 7.15. The Kier molecular flexibility index (Phi) is 6.82. The minimum atomic E-state index is -1.05. The Morgan fingerprint density at radius 2 is 1.69 bits per heavy atom. The molecule has 4 aromatic rings. The number of nitrogens with zero attached hydrogens (tertiary/aromatic N) is 6. The second-order valence-electron chi connectivity index (χ2n) is 12.2. The Hall–Kier alpha value is -4.02. The van der Waals surface area contributed by atoms with E-state index in [1.165, 1.54) is 17.1 Å². The van der Waals surface area contributed by atoms with Gasteiger partial charge in [0.1, 0.15) is 23.6 Å². The molecule has 3 aliphatic rings. The van der Waals surface area contributed by atoms with Crippen molar-refractivity contribution in [1.82, 2.24) is 29.1 Å². The van der Waals surface area contributed by atoms with Crippen molar-refractivity contribution in [2.75, 3.05) is 33.2 Å². The number of amides is 1. The van der Waals surface area contributed by atoms with Crippen LogP contribution in [0.15, 0.2) is 65.8 Å². The highest BCUT2D eigenvalue weighted by Crippen LogP contribution is 2.33. The second kappa shape index (κ2) is 10.7. The second-order valence-corrected chi connectivity index (χ2v) is 12.2. The number of hydrogen-bond acceptors (Lipinski definition) is 7. The van der Waals surface area contributed by atoms with E-state index < -0.39 is 5.60 Å². The van der Waals surface area contributed by atoms with Crippen LogP contribution in [0.5, 0.6) is 5.75 Å². The van der Waals surface area contributed by atoms with Gasteiger partial charge in [-0.25, -0.2) is 9.67 Å². The van der Waals surface area contributed by atoms with E-state index in [1.807, 2.05) is 41.3 Å². The number of hydrogen-bond donors (Lipinski definition) is 1. The van der Waals surface area contributed by atoms with Gasteiger partial charge >= 0.3 is 0 Å². The molecule has 2 saturated heterocycles. The van der Waals surface area contributed by atoms with Crippen LogP contribution in [-0.2, 0) is 11.3 Å². The normalized spacial score (nSPS) is 20.7. The molecule has 0 spiro atoms. The van der Waals surface area contributed by atoms with Gasteiger partial charge in [0, 0.05) is 32.1 Å². The molecular weight excluding hydrogens is 532 g/mol. The van der Waals surface area contributed by atoms with Crippen molar-refractivity contribution in [2.45, 2.75) is 50.4 Å². The third kappa shape index (κ3) is 5.32. The van der Waals surface area contributed by atoms with Gasteiger partial charge in [0.2, 0.25) is 5.91 Å². The number of carbonyl (C=O) groups excluding carboxylic acids is 1. The van der Waals surface area contributed by atoms with Crippen LogP contribution in [0.25, 0.3) is 27.8 Å². The monoisotopic (exact) mass is 568 g/mol. The van der Waals surface area contributed by atoms with Crippen molar-refractivity contribution in [2.24, 2.45) is 5.92 Å². The molecule has 1 amide bonds. The minimum Gasteiger partial charge on any atom is -0.489 e. The Morgan fingerprint density at radius 1 is 1.00 bits per heavy atom. The first kappa shape index (κ1) is 26.9. The minimum absolute atomic E-state index is 0.141. The van der Waals surface area contributed by atoms with Gasteiger partial charge in [0.25, 0.3) is 5.56 Å². The smallest absolute Gasteiger partial charge is 0.264 e. The summed E-state index contributed by atoms with van der Waals surface area (Å²) in [6.45, 7) is 3.19. The topological polar surface area (TPSA) is 106 Å². The Bertz CT molecular complexity index is 1650. The number of aliphatic hydroxyl groups is 1. The molecule has 2 aromatic carbocycles. The first-order valence-corrected chi connectivity index (χ1v) is 14.9. The zero-order chi connectivity index (χ0) is 28.8. The molecule has 0 bridgehead atoms. The fourth-order valence-electron chi connectivity index (χ4n) is 6.16. The molecule has 1 saturated carbocycles. The number of likely N-dealkylation sites (N-methyl/N-ethyl adjacent to an activating group) is 1. The highest BCUT2D eigenvalue weighted by Gasteiger charge is 2.39. The van der Waals surface area contributed by atoms with Crippen LogP contribution in [0, 0.1) is 5.92 Å². The summed E-state index contributed by atoms with van der Waals surface area (Å²) < 4.78 is 9.25. The van der Waals surface area contributed by atoms with Gasteiger partial charge in [-0.05, 0) is 74.5 Å². The number of benzene rings is 2. The molecule has 1 aliphatic carbocycles. The molecule has 10 heteroatoms. The SMILES string of the molecule is CN1CC[C@H](Oc2ccc(-c3ccc(-n4ncc5c(=O)n(CC6(O)CCN(C(=O)C7CC7)CC6)cnc54)cc3)cc2)C1. The zero-order valence-electron chi connectivity index (χ0n) is 23.9. The third-order valence-corrected chi connectivity index (χ3v) is 8.90. The van der Waals surface area contributed by atoms with Gasteiger partial charge in [-0.2, -0.15) is 5.10 Å². The molecule has 1 atom stereocenters. The largest absolute Gasteiger partial charge is 0.489 e. The van der Waals surface area contributed by atoms with Crippen molar-refractivity contribution in [3.63, 3.8) is 0 Å². The maximum atomic E-state index is 13.3. The lowest BCUT2D eigenvalue weighted by atomic mass is 9.91. The molecule has 1 N–H and O–H groups in total. The molecule has 4 heterocycles. The summed E-state index contributed by atoms with van der Waals surface area (Å²) >= 11 is 0. The van der Waals surface area contributed by atoms with Crippen LogP contribution < -0.4 is 10.3 Å². The number of aromatic nitrogens is 4. The number of likely N-dealkylation sites (tertiary alicyclic amines) is 2. The highest BCUT2D eigenvalue weighted by atomic mass is 16.5. The average Bonchev–Trinajstić information content (AvgIpc) is 3.64. The fraction of sp³-hybridized carbons (Fsp3) is 0.438. The van der Waals surface area contributed by atoms with E-state index in [-0.39, 0.29) is 30.0 Å². The first-order chi connectivity index (χ1) is 20.3. The molecule has 218 valence electrons. The van der Waals surface area contributed by atoms with Gasteiger partial charge in [-0.1, -0.05) is 24.3 Å². The van der Waals surface area contributed by atoms with Crippen LogP contribution in [0.3, 0.4) is 0 Å². The summed E-state index contributed by atoms with van der Waals surface area (Å²) in [5.41, 5.74) is 2.14. The average molecular weight is 569 g/mol. The van der Waals surface area contributed by atoms with Gasteiger partial charge in [0.05, 0.1) is 24.0 Å². The summed E-state index contributed by atoms with van der Waals surface area (Å²) in [5, 5.41) is 16.1. The summed E-state index contributed by atoms with van der Waals surface area (Å²) in [6, 6.07) is 16.2. The predicted octanol–water partition coefficient (Wildman–Crippen LogP) is 3.10. The van der Waals surface area contributed by atoms with Gasteiger partial charge in [0.15, 0.2) is 5.65 Å². The number of fused-ring (bicyclic) bond motifs is 1. The van der Waals surface area contributed by atoms with E-state index in [1.54, 1.807) is 4.68 Å². The highest BCUT2D eigenvalue weighted by molar-refractivity contribution is 5.81. The van der Waals surface area contributed by atoms with Crippen molar-refractivity contribution < 1.29 is 14.6 Å². The number of piperidine rings is 1. The lowest BCUT2D eigenvalue weighted by Gasteiger charge is -2.38. The van der Waals surface area contributed by atoms with Crippen LogP contribution in [0.4, 0.5) is 0 Å². The van der Waals surface area contributed by atoms with Crippen molar-refractivity contribution >= 4 is 16.9 Å². The fourth-order valence-corrected chi connectivity index (χ4v) is 6.16. The molecule has 10 nitrogen and oxygen atoms in total. The lowest BCUT2D eigenvalue weighted by Crippen LogP contribution is -2.50. The van der Waals surface area contributed by atoms with E-state index in [4.69, 9.17) is 4.74 Å². The lowest BCUT2D eigenvalue weighted by molar-refractivity contribution is -0.137. The number of ether oxygens (including phenoxy) is 1. The molecule has 2 aliphatic heterocycles. The van der Waals surface area contributed by atoms with Gasteiger partial charge in [-0.15, -0.1) is 0 Å². The maximum absolute atomic E-state index is 13.3. The third-order valence-electron chi connectivity index (χ3n) is 8.90. The summed E-state index contributed by atoms with van der Waals surface area (Å²) in [5.74, 6) is 1.26. The van der Waals surface area contributed by atoms with Crippen molar-refractivity contribution in [3.05, 3.63) is 71.4 Å². The van der Waals surface area contributed by atoms with Gasteiger partial charge < -0.3 is 19.6 Å². The van der Waals surface area contributed by atoms with E-state index in [0.29, 0.717) is 37.0 Å². The molecule has 42 heavy (non-hydrogen) atoms. The van der Waals surface area contributed by atoms with E-state index in [2.05, 4.69) is 34.2 Å². The number of carbonyl (C=O) groups is 1. The predicted molar refractivity (Wildman–Crippen MR) is 159 cm³/mol. The number of rotatable bonds is 7. The molecule has 3 fully saturated rings. The Balaban J connectivity index is 1.03. The Morgan fingerprint density at radius 3 is 2.33 bits per heavy atom. The Labute approximate surface area is 244 Å². The van der Waals surface area contributed by atoms with Crippen molar-refractivity contribution in [1.29, 1.82) is 0 Å². The van der Waals surface area contributed by atoms with E-state index in [9.17, 15) is 14.7 Å². The van der Waals surface area contributed by atoms with Crippen molar-refractivity contribution in [3.8, 4) is 22.6 Å².